The lowest BCUT2D eigenvalue weighted by molar-refractivity contribution is -0.164. The van der Waals surface area contributed by atoms with Gasteiger partial charge in [-0.15, -0.1) is 0 Å². The van der Waals surface area contributed by atoms with Crippen molar-refractivity contribution in [3.63, 3.8) is 0 Å². The van der Waals surface area contributed by atoms with Crippen LogP contribution in [0.5, 0.6) is 5.75 Å². The van der Waals surface area contributed by atoms with E-state index in [1.807, 2.05) is 25.1 Å². The lowest BCUT2D eigenvalue weighted by atomic mass is 9.66. The molecule has 0 spiro atoms. The fourth-order valence-corrected chi connectivity index (χ4v) is 10.8. The molecule has 1 aliphatic heterocycles. The highest BCUT2D eigenvalue weighted by Gasteiger charge is 2.47. The minimum atomic E-state index is -2.12. The number of benzene rings is 1. The molecule has 5 unspecified atom stereocenters. The van der Waals surface area contributed by atoms with Crippen LogP contribution in [0.1, 0.15) is 93.9 Å². The Kier molecular flexibility index (Phi) is 13.9. The summed E-state index contributed by atoms with van der Waals surface area (Å²) in [5.41, 5.74) is 1.16. The number of esters is 2. The normalized spacial score (nSPS) is 28.0. The number of fused-ring (bicyclic) bond motifs is 1. The van der Waals surface area contributed by atoms with Gasteiger partial charge in [-0.2, -0.15) is 0 Å². The predicted octanol–water partition coefficient (Wildman–Crippen LogP) is 11.3. The Hall–Kier alpha value is -1.25. The first-order valence-electron chi connectivity index (χ1n) is 18.8. The first-order valence-corrected chi connectivity index (χ1v) is 26.2. The van der Waals surface area contributed by atoms with Crippen LogP contribution in [0, 0.1) is 17.8 Å². The highest BCUT2D eigenvalue weighted by atomic mass is 79.9. The molecule has 1 aromatic rings. The lowest BCUT2D eigenvalue weighted by Gasteiger charge is -2.46. The topological polar surface area (TPSA) is 80.3 Å². The van der Waals surface area contributed by atoms with E-state index in [-0.39, 0.29) is 58.1 Å². The van der Waals surface area contributed by atoms with Crippen LogP contribution < -0.4 is 4.74 Å². The van der Waals surface area contributed by atoms with E-state index in [0.717, 1.165) is 27.4 Å². The molecule has 0 amide bonds. The van der Waals surface area contributed by atoms with Crippen molar-refractivity contribution in [3.05, 3.63) is 50.9 Å². The Labute approximate surface area is 326 Å². The molecule has 4 rings (SSSR count). The van der Waals surface area contributed by atoms with Crippen molar-refractivity contribution in [2.75, 3.05) is 0 Å². The smallest absolute Gasteiger partial charge is 0.347 e. The van der Waals surface area contributed by atoms with E-state index >= 15 is 0 Å². The SMILES string of the molecule is CC[C@H](Oc1c(Br)cccc1Br)C(=O)OC1CC(O[Si](C)(C)C(C)(C)C)C=C2C=CC(C)C(CC[C@@H]3C[C@@H](O[Si](C)(C)C(C)(C)C)CC(=O)O3)C21. The minimum Gasteiger partial charge on any atom is -0.476 e. The number of allylic oxidation sites excluding steroid dienone is 2. The van der Waals surface area contributed by atoms with E-state index in [2.05, 4.69) is 125 Å². The molecule has 0 N–H and O–H groups in total. The monoisotopic (exact) mass is 868 g/mol. The molecular weight excluding hydrogens is 808 g/mol. The third kappa shape index (κ3) is 10.5. The van der Waals surface area contributed by atoms with E-state index in [1.54, 1.807) is 0 Å². The average molecular weight is 871 g/mol. The second kappa shape index (κ2) is 16.6. The summed E-state index contributed by atoms with van der Waals surface area (Å²) < 4.78 is 34.0. The summed E-state index contributed by atoms with van der Waals surface area (Å²) in [6.07, 6.45) is 8.74. The number of para-hydroxylation sites is 1. The van der Waals surface area contributed by atoms with Crippen LogP contribution in [0.2, 0.25) is 36.3 Å². The van der Waals surface area contributed by atoms with Crippen LogP contribution in [0.3, 0.4) is 0 Å². The molecule has 1 heterocycles. The summed E-state index contributed by atoms with van der Waals surface area (Å²) in [7, 11) is -4.17. The van der Waals surface area contributed by atoms with E-state index in [1.165, 1.54) is 0 Å². The Morgan fingerprint density at radius 2 is 1.57 bits per heavy atom. The molecule has 2 aliphatic carbocycles. The van der Waals surface area contributed by atoms with Crippen LogP contribution in [0.25, 0.3) is 0 Å². The number of carbonyl (C=O) groups is 2. The van der Waals surface area contributed by atoms with Crippen LogP contribution in [0.15, 0.2) is 50.9 Å². The fourth-order valence-electron chi connectivity index (χ4n) is 6.95. The maximum Gasteiger partial charge on any atom is 0.347 e. The van der Waals surface area contributed by atoms with Crippen molar-refractivity contribution in [3.8, 4) is 5.75 Å². The minimum absolute atomic E-state index is 0.0144. The highest BCUT2D eigenvalue weighted by Crippen LogP contribution is 2.47. The summed E-state index contributed by atoms with van der Waals surface area (Å²) in [5, 5.41) is 0.0983. The molecule has 0 bridgehead atoms. The van der Waals surface area contributed by atoms with Crippen molar-refractivity contribution in [1.29, 1.82) is 0 Å². The van der Waals surface area contributed by atoms with Gasteiger partial charge in [-0.05, 0) is 117 Å². The van der Waals surface area contributed by atoms with Crippen LogP contribution in [-0.2, 0) is 27.9 Å². The summed E-state index contributed by atoms with van der Waals surface area (Å²) >= 11 is 7.14. The summed E-state index contributed by atoms with van der Waals surface area (Å²) in [6.45, 7) is 26.6. The summed E-state index contributed by atoms with van der Waals surface area (Å²) in [6, 6.07) is 5.70. The fraction of sp³-hybridized carbons (Fsp3) is 0.700. The van der Waals surface area contributed by atoms with E-state index in [4.69, 9.17) is 23.1 Å². The number of halogens is 2. The zero-order valence-corrected chi connectivity index (χ0v) is 38.1. The molecule has 1 fully saturated rings. The van der Waals surface area contributed by atoms with Gasteiger partial charge in [0.05, 0.1) is 27.6 Å². The molecular formula is C40H62Br2O7Si2. The van der Waals surface area contributed by atoms with Crippen LogP contribution in [0.4, 0.5) is 0 Å². The van der Waals surface area contributed by atoms with Crippen molar-refractivity contribution in [2.24, 2.45) is 17.8 Å². The molecule has 0 saturated carbocycles. The number of carbonyl (C=O) groups excluding carboxylic acids is 2. The van der Waals surface area contributed by atoms with Crippen molar-refractivity contribution in [1.82, 2.24) is 0 Å². The van der Waals surface area contributed by atoms with E-state index < -0.39 is 28.8 Å². The first kappa shape index (κ1) is 42.5. The van der Waals surface area contributed by atoms with Gasteiger partial charge in [0.25, 0.3) is 0 Å². The largest absolute Gasteiger partial charge is 0.476 e. The number of hydrogen-bond acceptors (Lipinski definition) is 7. The molecule has 286 valence electrons. The van der Waals surface area contributed by atoms with Gasteiger partial charge in [-0.25, -0.2) is 4.79 Å². The molecule has 11 heteroatoms. The van der Waals surface area contributed by atoms with E-state index in [9.17, 15) is 9.59 Å². The molecule has 51 heavy (non-hydrogen) atoms. The second-order valence-electron chi connectivity index (χ2n) is 17.9. The number of ether oxygens (including phenoxy) is 3. The quantitative estimate of drug-likeness (QED) is 0.153. The van der Waals surface area contributed by atoms with Gasteiger partial charge in [0.2, 0.25) is 0 Å². The van der Waals surface area contributed by atoms with Crippen molar-refractivity contribution >= 4 is 60.4 Å². The third-order valence-electron chi connectivity index (χ3n) is 12.0. The molecule has 8 atom stereocenters. The Morgan fingerprint density at radius 1 is 0.961 bits per heavy atom. The third-order valence-corrected chi connectivity index (χ3v) is 22.3. The second-order valence-corrected chi connectivity index (χ2v) is 29.1. The van der Waals surface area contributed by atoms with Gasteiger partial charge in [0, 0.05) is 18.8 Å². The Balaban J connectivity index is 1.58. The maximum atomic E-state index is 14.0. The van der Waals surface area contributed by atoms with E-state index in [0.29, 0.717) is 31.4 Å². The number of cyclic esters (lactones) is 1. The summed E-state index contributed by atoms with van der Waals surface area (Å²) in [4.78, 5) is 26.9. The average Bonchev–Trinajstić information content (AvgIpc) is 2.98. The predicted molar refractivity (Wildman–Crippen MR) is 217 cm³/mol. The van der Waals surface area contributed by atoms with Crippen LogP contribution in [-0.4, -0.2) is 59.1 Å². The van der Waals surface area contributed by atoms with Gasteiger partial charge < -0.3 is 23.1 Å². The standard InChI is InChI=1S/C40H62Br2O7Si2/c1-13-33(46-37-31(41)15-14-16-32(37)42)38(44)47-34-23-28(48-50(9,10)39(3,4)5)21-26-18-17-25(2)30(36(26)34)20-19-27-22-29(24-35(43)45-27)49-51(11,12)40(6,7)8/h14-18,21,25,27-30,33-34,36H,13,19-20,22-24H2,1-12H3/t25?,27-,28?,29-,30?,33+,34?,36?/m1/s1. The molecule has 7 nitrogen and oxygen atoms in total. The van der Waals surface area contributed by atoms with Gasteiger partial charge in [0.1, 0.15) is 18.0 Å². The molecule has 0 radical (unpaired) electrons. The molecule has 3 aliphatic rings. The molecule has 1 saturated heterocycles. The number of hydrogen-bond donors (Lipinski definition) is 0. The van der Waals surface area contributed by atoms with Gasteiger partial charge in [0.15, 0.2) is 22.7 Å². The lowest BCUT2D eigenvalue weighted by Crippen LogP contribution is -2.49. The zero-order valence-electron chi connectivity index (χ0n) is 32.9. The first-order chi connectivity index (χ1) is 23.5. The van der Waals surface area contributed by atoms with Crippen molar-refractivity contribution in [2.45, 2.75) is 161 Å². The molecule has 0 aromatic heterocycles. The Morgan fingerprint density at radius 3 is 2.16 bits per heavy atom. The highest BCUT2D eigenvalue weighted by molar-refractivity contribution is 9.11. The zero-order chi connectivity index (χ0) is 38.1. The van der Waals surface area contributed by atoms with Crippen LogP contribution >= 0.6 is 31.9 Å². The maximum absolute atomic E-state index is 14.0. The van der Waals surface area contributed by atoms with Gasteiger partial charge >= 0.3 is 11.9 Å². The summed E-state index contributed by atoms with van der Waals surface area (Å²) in [5.74, 6) is 0.454. The number of rotatable bonds is 12. The Bertz CT molecular complexity index is 1440. The van der Waals surface area contributed by atoms with Gasteiger partial charge in [-0.3, -0.25) is 4.79 Å². The molecule has 1 aromatic carbocycles. The van der Waals surface area contributed by atoms with Gasteiger partial charge in [-0.1, -0.05) is 79.7 Å². The van der Waals surface area contributed by atoms with Crippen molar-refractivity contribution < 1.29 is 32.7 Å².